The van der Waals surface area contributed by atoms with Crippen molar-refractivity contribution in [2.45, 2.75) is 25.9 Å². The maximum Gasteiger partial charge on any atom is 0.226 e. The topological polar surface area (TPSA) is 47.3 Å². The molecular formula is C20H20Cl2N2O2. The molecule has 0 aliphatic rings. The number of methoxy groups -OCH3 is 1. The van der Waals surface area contributed by atoms with Gasteiger partial charge in [-0.1, -0.05) is 29.3 Å². The van der Waals surface area contributed by atoms with Crippen LogP contribution in [0.1, 0.15) is 25.1 Å². The number of aromatic nitrogens is 1. The number of oxazole rings is 1. The van der Waals surface area contributed by atoms with Gasteiger partial charge in [-0.05, 0) is 55.8 Å². The fourth-order valence-electron chi connectivity index (χ4n) is 2.55. The molecule has 1 N–H and O–H groups in total. The van der Waals surface area contributed by atoms with Crippen molar-refractivity contribution < 1.29 is 9.15 Å². The Hall–Kier alpha value is -2.01. The van der Waals surface area contributed by atoms with Gasteiger partial charge in [0.25, 0.3) is 0 Å². The second-order valence-electron chi connectivity index (χ2n) is 6.48. The predicted molar refractivity (Wildman–Crippen MR) is 105 cm³/mol. The zero-order chi connectivity index (χ0) is 18.7. The number of nitrogens with zero attached hydrogens (tertiary/aromatic N) is 1. The highest BCUT2D eigenvalue weighted by atomic mass is 35.5. The van der Waals surface area contributed by atoms with Crippen molar-refractivity contribution in [3.05, 3.63) is 70.0 Å². The Morgan fingerprint density at radius 2 is 1.81 bits per heavy atom. The molecule has 0 saturated carbocycles. The number of rotatable bonds is 6. The largest absolute Gasteiger partial charge is 0.497 e. The average molecular weight is 391 g/mol. The van der Waals surface area contributed by atoms with E-state index in [9.17, 15) is 0 Å². The van der Waals surface area contributed by atoms with Crippen molar-refractivity contribution in [1.82, 2.24) is 10.3 Å². The molecule has 0 aliphatic carbocycles. The molecule has 0 aliphatic heterocycles. The van der Waals surface area contributed by atoms with E-state index in [2.05, 4.69) is 24.1 Å². The van der Waals surface area contributed by atoms with Crippen LogP contribution in [0.2, 0.25) is 10.0 Å². The molecule has 0 fully saturated rings. The van der Waals surface area contributed by atoms with Crippen LogP contribution < -0.4 is 10.1 Å². The maximum atomic E-state index is 6.13. The summed E-state index contributed by atoms with van der Waals surface area (Å²) in [5.74, 6) is 1.38. The van der Waals surface area contributed by atoms with Crippen LogP contribution in [-0.4, -0.2) is 12.1 Å². The normalized spacial score (nSPS) is 11.6. The molecule has 1 aromatic heterocycles. The summed E-state index contributed by atoms with van der Waals surface area (Å²) in [4.78, 5) is 4.55. The molecule has 4 nitrogen and oxygen atoms in total. The first-order chi connectivity index (χ1) is 12.4. The quantitative estimate of drug-likeness (QED) is 0.587. The summed E-state index contributed by atoms with van der Waals surface area (Å²) in [6, 6.07) is 13.2. The third-order valence-electron chi connectivity index (χ3n) is 4.24. The van der Waals surface area contributed by atoms with Crippen LogP contribution >= 0.6 is 23.2 Å². The van der Waals surface area contributed by atoms with E-state index in [0.717, 1.165) is 22.6 Å². The van der Waals surface area contributed by atoms with Crippen molar-refractivity contribution in [2.75, 3.05) is 7.11 Å². The summed E-state index contributed by atoms with van der Waals surface area (Å²) in [7, 11) is 1.64. The van der Waals surface area contributed by atoms with Crippen LogP contribution in [-0.2, 0) is 12.1 Å². The third kappa shape index (κ3) is 4.21. The smallest absolute Gasteiger partial charge is 0.226 e. The van der Waals surface area contributed by atoms with Gasteiger partial charge in [0.1, 0.15) is 12.0 Å². The van der Waals surface area contributed by atoms with Crippen LogP contribution in [0.4, 0.5) is 0 Å². The van der Waals surface area contributed by atoms with Gasteiger partial charge in [-0.15, -0.1) is 0 Å². The lowest BCUT2D eigenvalue weighted by Crippen LogP contribution is -2.36. The fraction of sp³-hybridized carbons (Fsp3) is 0.250. The molecule has 0 bridgehead atoms. The minimum Gasteiger partial charge on any atom is -0.497 e. The van der Waals surface area contributed by atoms with Crippen LogP contribution in [0.25, 0.3) is 11.5 Å². The first kappa shape index (κ1) is 18.8. The van der Waals surface area contributed by atoms with E-state index < -0.39 is 0 Å². The van der Waals surface area contributed by atoms with Gasteiger partial charge >= 0.3 is 0 Å². The fourth-order valence-corrected chi connectivity index (χ4v) is 2.85. The van der Waals surface area contributed by atoms with Crippen molar-refractivity contribution in [3.63, 3.8) is 0 Å². The van der Waals surface area contributed by atoms with E-state index in [1.165, 1.54) is 0 Å². The first-order valence-electron chi connectivity index (χ1n) is 8.18. The van der Waals surface area contributed by atoms with Gasteiger partial charge < -0.3 is 14.5 Å². The monoisotopic (exact) mass is 390 g/mol. The van der Waals surface area contributed by atoms with Crippen LogP contribution in [0.15, 0.2) is 53.1 Å². The van der Waals surface area contributed by atoms with Gasteiger partial charge in [0.15, 0.2) is 0 Å². The van der Waals surface area contributed by atoms with Gasteiger partial charge in [0.2, 0.25) is 5.89 Å². The van der Waals surface area contributed by atoms with Gasteiger partial charge in [-0.3, -0.25) is 0 Å². The Bertz CT molecular complexity index is 889. The molecule has 3 rings (SSSR count). The molecule has 136 valence electrons. The SMILES string of the molecule is COc1ccc(-c2nc(CNC(C)(C)c3ccc(Cl)c(Cl)c3)co2)cc1. The first-order valence-corrected chi connectivity index (χ1v) is 8.94. The lowest BCUT2D eigenvalue weighted by atomic mass is 9.94. The molecule has 0 atom stereocenters. The van der Waals surface area contributed by atoms with Gasteiger partial charge in [0, 0.05) is 17.6 Å². The number of hydrogen-bond acceptors (Lipinski definition) is 4. The number of ether oxygens (including phenoxy) is 1. The lowest BCUT2D eigenvalue weighted by molar-refractivity contribution is 0.398. The Kier molecular flexibility index (Phi) is 5.56. The number of benzene rings is 2. The molecule has 0 amide bonds. The summed E-state index contributed by atoms with van der Waals surface area (Å²) in [5, 5.41) is 4.57. The minimum absolute atomic E-state index is 0.298. The second-order valence-corrected chi connectivity index (χ2v) is 7.29. The molecule has 0 saturated heterocycles. The van der Waals surface area contributed by atoms with E-state index in [1.54, 1.807) is 19.4 Å². The number of hydrogen-bond donors (Lipinski definition) is 1. The molecule has 0 unspecified atom stereocenters. The minimum atomic E-state index is -0.298. The molecule has 1 heterocycles. The zero-order valence-corrected chi connectivity index (χ0v) is 16.4. The highest BCUT2D eigenvalue weighted by molar-refractivity contribution is 6.42. The molecule has 3 aromatic rings. The second kappa shape index (κ2) is 7.70. The highest BCUT2D eigenvalue weighted by Crippen LogP contribution is 2.29. The van der Waals surface area contributed by atoms with Crippen LogP contribution in [0.5, 0.6) is 5.75 Å². The molecule has 0 radical (unpaired) electrons. The molecule has 26 heavy (non-hydrogen) atoms. The van der Waals surface area contributed by atoms with Crippen molar-refractivity contribution in [1.29, 1.82) is 0 Å². The van der Waals surface area contributed by atoms with Gasteiger partial charge in [0.05, 0.1) is 22.8 Å². The zero-order valence-electron chi connectivity index (χ0n) is 14.8. The standard InChI is InChI=1S/C20H20Cl2N2O2/c1-20(2,14-6-9-17(21)18(22)10-14)23-11-15-12-26-19(24-15)13-4-7-16(25-3)8-5-13/h4-10,12,23H,11H2,1-3H3. The van der Waals surface area contributed by atoms with E-state index in [1.807, 2.05) is 36.4 Å². The number of nitrogens with one attached hydrogen (secondary N) is 1. The molecule has 2 aromatic carbocycles. The van der Waals surface area contributed by atoms with E-state index in [-0.39, 0.29) is 5.54 Å². The van der Waals surface area contributed by atoms with Crippen molar-refractivity contribution >= 4 is 23.2 Å². The summed E-state index contributed by atoms with van der Waals surface area (Å²) in [6.07, 6.45) is 1.66. The third-order valence-corrected chi connectivity index (χ3v) is 4.98. The summed E-state index contributed by atoms with van der Waals surface area (Å²) in [5.41, 5.74) is 2.48. The Balaban J connectivity index is 1.69. The van der Waals surface area contributed by atoms with Crippen LogP contribution in [0.3, 0.4) is 0 Å². The van der Waals surface area contributed by atoms with Crippen molar-refractivity contribution in [2.24, 2.45) is 0 Å². The average Bonchev–Trinajstić information content (AvgIpc) is 3.11. The Morgan fingerprint density at radius 3 is 2.46 bits per heavy atom. The highest BCUT2D eigenvalue weighted by Gasteiger charge is 2.21. The van der Waals surface area contributed by atoms with E-state index >= 15 is 0 Å². The van der Waals surface area contributed by atoms with E-state index in [4.69, 9.17) is 32.4 Å². The maximum absolute atomic E-state index is 6.13. The Morgan fingerprint density at radius 1 is 1.08 bits per heavy atom. The number of halogens is 2. The molecule has 0 spiro atoms. The van der Waals surface area contributed by atoms with Crippen LogP contribution in [0, 0.1) is 0 Å². The molecule has 6 heteroatoms. The van der Waals surface area contributed by atoms with Gasteiger partial charge in [-0.2, -0.15) is 0 Å². The summed E-state index contributed by atoms with van der Waals surface area (Å²) < 4.78 is 10.8. The summed E-state index contributed by atoms with van der Waals surface area (Å²) in [6.45, 7) is 4.72. The van der Waals surface area contributed by atoms with Gasteiger partial charge in [-0.25, -0.2) is 4.98 Å². The predicted octanol–water partition coefficient (Wildman–Crippen LogP) is 5.68. The molecular weight excluding hydrogens is 371 g/mol. The lowest BCUT2D eigenvalue weighted by Gasteiger charge is -2.27. The van der Waals surface area contributed by atoms with E-state index in [0.29, 0.717) is 22.5 Å². The van der Waals surface area contributed by atoms with Crippen molar-refractivity contribution in [3.8, 4) is 17.2 Å². The summed E-state index contributed by atoms with van der Waals surface area (Å²) >= 11 is 12.1. The Labute approximate surface area is 163 Å².